The molecule has 1 aliphatic rings. The molecule has 138 valence electrons. The number of rotatable bonds is 5. The van der Waals surface area contributed by atoms with Crippen LogP contribution in [0.4, 0.5) is 0 Å². The maximum Gasteiger partial charge on any atom is 0.179 e. The summed E-state index contributed by atoms with van der Waals surface area (Å²) in [5, 5.41) is 4.29. The van der Waals surface area contributed by atoms with Crippen molar-refractivity contribution in [3.8, 4) is 0 Å². The van der Waals surface area contributed by atoms with Crippen LogP contribution in [0.15, 0.2) is 115 Å². The largest absolute Gasteiger partial charge is 0.206 e. The molecule has 0 N–H and O–H groups in total. The highest BCUT2D eigenvalue weighted by molar-refractivity contribution is 14.1. The molecule has 0 amide bonds. The standard InChI is InChI=1S/C25H21IP2/c26-25(27(21-13-5-1-6-14-21)22-15-7-2-8-16-22)28(23-17-9-3-10-18-23)24-19-11-4-12-20-24/h1-19H,20H2. The molecule has 0 fully saturated rings. The van der Waals surface area contributed by atoms with Gasteiger partial charge in [0.05, 0.1) is 7.55 Å². The van der Waals surface area contributed by atoms with Crippen molar-refractivity contribution in [2.45, 2.75) is 6.42 Å². The van der Waals surface area contributed by atoms with Crippen molar-refractivity contribution in [1.82, 2.24) is 0 Å². The van der Waals surface area contributed by atoms with E-state index in [0.29, 0.717) is 0 Å². The van der Waals surface area contributed by atoms with Gasteiger partial charge in [-0.1, -0.05) is 78.9 Å². The quantitative estimate of drug-likeness (QED) is 0.209. The Morgan fingerprint density at radius 3 is 1.79 bits per heavy atom. The lowest BCUT2D eigenvalue weighted by atomic mass is 10.2. The van der Waals surface area contributed by atoms with Gasteiger partial charge in [0.2, 0.25) is 0 Å². The molecule has 0 radical (unpaired) electrons. The summed E-state index contributed by atoms with van der Waals surface area (Å²) in [4.78, 5) is 0. The van der Waals surface area contributed by atoms with E-state index in [1.165, 1.54) is 21.6 Å². The van der Waals surface area contributed by atoms with Crippen LogP contribution in [0.1, 0.15) is 6.42 Å². The minimum atomic E-state index is -0.547. The van der Waals surface area contributed by atoms with Gasteiger partial charge in [-0.3, -0.25) is 0 Å². The van der Waals surface area contributed by atoms with Crippen molar-refractivity contribution in [1.29, 1.82) is 0 Å². The molecule has 3 aromatic rings. The van der Waals surface area contributed by atoms with Gasteiger partial charge in [-0.15, -0.1) is 12.2 Å². The molecule has 3 aromatic carbocycles. The summed E-state index contributed by atoms with van der Waals surface area (Å²) in [5.74, 6) is 0. The molecule has 4 rings (SSSR count). The van der Waals surface area contributed by atoms with Crippen LogP contribution in [0.2, 0.25) is 0 Å². The van der Waals surface area contributed by atoms with Gasteiger partial charge in [-0.05, 0) is 34.8 Å². The van der Waals surface area contributed by atoms with E-state index in [1.807, 2.05) is 0 Å². The van der Waals surface area contributed by atoms with E-state index < -0.39 is 15.5 Å². The van der Waals surface area contributed by atoms with E-state index >= 15 is 0 Å². The van der Waals surface area contributed by atoms with Crippen molar-refractivity contribution < 1.29 is 0 Å². The second kappa shape index (κ2) is 9.70. The second-order valence-corrected chi connectivity index (χ2v) is 13.9. The summed E-state index contributed by atoms with van der Waals surface area (Å²) in [7, 11) is -1.06. The smallest absolute Gasteiger partial charge is 0.179 e. The molecule has 0 aliphatic heterocycles. The summed E-state index contributed by atoms with van der Waals surface area (Å²) in [6, 6.07) is 33.1. The Hall–Kier alpha value is -1.66. The third kappa shape index (κ3) is 4.49. The molecule has 0 aromatic heterocycles. The maximum atomic E-state index is 2.67. The Morgan fingerprint density at radius 2 is 1.29 bits per heavy atom. The molecule has 0 bridgehead atoms. The first-order chi connectivity index (χ1) is 13.8. The number of benzene rings is 3. The molecule has 1 atom stereocenters. The fourth-order valence-corrected chi connectivity index (χ4v) is 12.4. The monoisotopic (exact) mass is 510 g/mol. The SMILES string of the molecule is IC(P(c1ccccc1)c1ccccc1)=[P+](c1ccccc1)[C-]1C=CC=CC1. The second-order valence-electron chi connectivity index (χ2n) is 6.43. The van der Waals surface area contributed by atoms with Gasteiger partial charge in [0.25, 0.3) is 0 Å². The molecular weight excluding hydrogens is 489 g/mol. The molecule has 0 saturated carbocycles. The van der Waals surface area contributed by atoms with E-state index in [9.17, 15) is 0 Å². The summed E-state index contributed by atoms with van der Waals surface area (Å²) < 4.78 is 1.57. The summed E-state index contributed by atoms with van der Waals surface area (Å²) >= 11 is 2.67. The van der Waals surface area contributed by atoms with Gasteiger partial charge in [-0.2, -0.15) is 6.08 Å². The normalized spacial score (nSPS) is 14.3. The van der Waals surface area contributed by atoms with Crippen LogP contribution in [0.5, 0.6) is 0 Å². The number of hydrogen-bond donors (Lipinski definition) is 0. The highest BCUT2D eigenvalue weighted by Crippen LogP contribution is 2.53. The first-order valence-corrected chi connectivity index (χ1v) is 13.1. The third-order valence-electron chi connectivity index (χ3n) is 4.56. The number of hydrogen-bond acceptors (Lipinski definition) is 0. The molecule has 0 heterocycles. The van der Waals surface area contributed by atoms with Crippen molar-refractivity contribution in [3.63, 3.8) is 0 Å². The predicted molar refractivity (Wildman–Crippen MR) is 137 cm³/mol. The fraction of sp³-hybridized carbons (Fsp3) is 0.0400. The zero-order chi connectivity index (χ0) is 19.2. The summed E-state index contributed by atoms with van der Waals surface area (Å²) in [5.41, 5.74) is 1.53. The lowest BCUT2D eigenvalue weighted by molar-refractivity contribution is 1.22. The van der Waals surface area contributed by atoms with Gasteiger partial charge in [0.1, 0.15) is 5.30 Å². The lowest BCUT2D eigenvalue weighted by Gasteiger charge is -2.22. The zero-order valence-corrected chi connectivity index (χ0v) is 19.4. The van der Waals surface area contributed by atoms with Crippen LogP contribution in [-0.2, 0) is 0 Å². The third-order valence-corrected chi connectivity index (χ3v) is 12.7. The Labute approximate surface area is 183 Å². The average Bonchev–Trinajstić information content (AvgIpc) is 2.77. The molecule has 0 saturated heterocycles. The molecule has 28 heavy (non-hydrogen) atoms. The van der Waals surface area contributed by atoms with Crippen LogP contribution in [0, 0.1) is 5.66 Å². The van der Waals surface area contributed by atoms with Crippen LogP contribution in [0.25, 0.3) is 0 Å². The Bertz CT molecular complexity index is 953. The molecule has 0 spiro atoms. The van der Waals surface area contributed by atoms with Gasteiger partial charge in [0.15, 0.2) is 3.04 Å². The van der Waals surface area contributed by atoms with Crippen molar-refractivity contribution in [3.05, 3.63) is 121 Å². The highest BCUT2D eigenvalue weighted by Gasteiger charge is 2.30. The predicted octanol–water partition coefficient (Wildman–Crippen LogP) is 6.50. The minimum absolute atomic E-state index is 0.511. The van der Waals surface area contributed by atoms with Crippen molar-refractivity contribution in [2.24, 2.45) is 0 Å². The van der Waals surface area contributed by atoms with Crippen LogP contribution in [0.3, 0.4) is 0 Å². The molecule has 1 unspecified atom stereocenters. The molecular formula is C25H21IP2. The topological polar surface area (TPSA) is 0 Å². The fourth-order valence-electron chi connectivity index (χ4n) is 3.25. The summed E-state index contributed by atoms with van der Waals surface area (Å²) in [6.45, 7) is 0. The van der Waals surface area contributed by atoms with E-state index in [4.69, 9.17) is 0 Å². The average molecular weight is 510 g/mol. The van der Waals surface area contributed by atoms with Gasteiger partial charge >= 0.3 is 0 Å². The van der Waals surface area contributed by atoms with Gasteiger partial charge in [-0.25, -0.2) is 6.08 Å². The number of allylic oxidation sites excluding steroid dienone is 4. The van der Waals surface area contributed by atoms with E-state index in [2.05, 4.69) is 138 Å². The van der Waals surface area contributed by atoms with E-state index in [-0.39, 0.29) is 0 Å². The zero-order valence-electron chi connectivity index (χ0n) is 15.4. The van der Waals surface area contributed by atoms with E-state index in [1.54, 1.807) is 3.04 Å². The molecule has 0 nitrogen and oxygen atoms in total. The summed E-state index contributed by atoms with van der Waals surface area (Å²) in [6.07, 6.45) is 10.0. The Morgan fingerprint density at radius 1 is 0.750 bits per heavy atom. The Kier molecular flexibility index (Phi) is 6.81. The highest BCUT2D eigenvalue weighted by atomic mass is 127. The maximum absolute atomic E-state index is 2.67. The molecule has 3 heteroatoms. The van der Waals surface area contributed by atoms with Crippen LogP contribution < -0.4 is 15.9 Å². The van der Waals surface area contributed by atoms with E-state index in [0.717, 1.165) is 6.42 Å². The van der Waals surface area contributed by atoms with Crippen LogP contribution in [-0.4, -0.2) is 3.04 Å². The van der Waals surface area contributed by atoms with Gasteiger partial charge < -0.3 is 0 Å². The minimum Gasteiger partial charge on any atom is -0.206 e. The lowest BCUT2D eigenvalue weighted by Crippen LogP contribution is -2.17. The Balaban J connectivity index is 1.92. The first-order valence-electron chi connectivity index (χ1n) is 9.31. The number of halogens is 1. The first kappa shape index (κ1) is 19.6. The molecule has 1 aliphatic carbocycles. The van der Waals surface area contributed by atoms with Crippen molar-refractivity contribution >= 4 is 57.0 Å². The van der Waals surface area contributed by atoms with Crippen molar-refractivity contribution in [2.75, 3.05) is 0 Å². The van der Waals surface area contributed by atoms with Crippen LogP contribution >= 0.6 is 38.1 Å². The van der Waals surface area contributed by atoms with Gasteiger partial charge in [0, 0.05) is 30.5 Å².